The molecule has 0 amide bonds. The Hall–Kier alpha value is -2.40. The zero-order valence-corrected chi connectivity index (χ0v) is 13.1. The number of para-hydroxylation sites is 1. The summed E-state index contributed by atoms with van der Waals surface area (Å²) >= 11 is 0. The van der Waals surface area contributed by atoms with Crippen molar-refractivity contribution in [3.8, 4) is 0 Å². The standard InChI is InChI=1S/C18H21FN2O2/c1-21(17-6-3-2-5-16(17)19)12-4-11-20-13-14-7-9-15(10-8-14)18(22)23/h2-3,5-10,20H,4,11-13H2,1H3,(H,22,23). The van der Waals surface area contributed by atoms with Crippen molar-refractivity contribution in [2.45, 2.75) is 13.0 Å². The van der Waals surface area contributed by atoms with Gasteiger partial charge in [-0.25, -0.2) is 9.18 Å². The van der Waals surface area contributed by atoms with Gasteiger partial charge in [-0.3, -0.25) is 0 Å². The van der Waals surface area contributed by atoms with E-state index in [9.17, 15) is 9.18 Å². The van der Waals surface area contributed by atoms with Gasteiger partial charge in [0.05, 0.1) is 11.3 Å². The van der Waals surface area contributed by atoms with Crippen molar-refractivity contribution in [3.63, 3.8) is 0 Å². The number of hydrogen-bond acceptors (Lipinski definition) is 3. The highest BCUT2D eigenvalue weighted by Crippen LogP contribution is 2.16. The van der Waals surface area contributed by atoms with E-state index in [1.807, 2.05) is 30.1 Å². The molecule has 0 heterocycles. The number of carboxylic acids is 1. The molecule has 0 aliphatic rings. The first-order chi connectivity index (χ1) is 11.1. The molecule has 0 saturated heterocycles. The summed E-state index contributed by atoms with van der Waals surface area (Å²) in [5.41, 5.74) is 1.94. The predicted molar refractivity (Wildman–Crippen MR) is 89.4 cm³/mol. The van der Waals surface area contributed by atoms with Crippen molar-refractivity contribution >= 4 is 11.7 Å². The van der Waals surface area contributed by atoms with E-state index in [4.69, 9.17) is 5.11 Å². The summed E-state index contributed by atoms with van der Waals surface area (Å²) in [5, 5.41) is 12.1. The molecule has 0 bridgehead atoms. The van der Waals surface area contributed by atoms with Gasteiger partial charge in [-0.15, -0.1) is 0 Å². The lowest BCUT2D eigenvalue weighted by Gasteiger charge is -2.19. The van der Waals surface area contributed by atoms with Gasteiger partial charge in [-0.2, -0.15) is 0 Å². The molecule has 0 atom stereocenters. The fourth-order valence-corrected chi connectivity index (χ4v) is 2.32. The van der Waals surface area contributed by atoms with Gasteiger partial charge in [0, 0.05) is 20.1 Å². The van der Waals surface area contributed by atoms with E-state index in [1.54, 1.807) is 24.3 Å². The van der Waals surface area contributed by atoms with E-state index in [1.165, 1.54) is 6.07 Å². The lowest BCUT2D eigenvalue weighted by molar-refractivity contribution is 0.0697. The van der Waals surface area contributed by atoms with Crippen LogP contribution in [0, 0.1) is 5.82 Å². The Morgan fingerprint density at radius 1 is 1.17 bits per heavy atom. The molecule has 23 heavy (non-hydrogen) atoms. The molecular weight excluding hydrogens is 295 g/mol. The minimum Gasteiger partial charge on any atom is -0.478 e. The maximum atomic E-state index is 13.6. The van der Waals surface area contributed by atoms with E-state index in [2.05, 4.69) is 5.32 Å². The summed E-state index contributed by atoms with van der Waals surface area (Å²) in [7, 11) is 1.88. The fourth-order valence-electron chi connectivity index (χ4n) is 2.32. The molecule has 5 heteroatoms. The number of carboxylic acid groups (broad SMARTS) is 1. The van der Waals surface area contributed by atoms with Crippen molar-refractivity contribution < 1.29 is 14.3 Å². The number of carbonyl (C=O) groups is 1. The number of rotatable bonds is 8. The van der Waals surface area contributed by atoms with Crippen LogP contribution < -0.4 is 10.2 Å². The Morgan fingerprint density at radius 3 is 2.52 bits per heavy atom. The molecule has 0 aliphatic carbocycles. The Bertz CT molecular complexity index is 644. The molecule has 2 aromatic carbocycles. The third kappa shape index (κ3) is 5.07. The molecule has 0 unspecified atom stereocenters. The Balaban J connectivity index is 1.69. The summed E-state index contributed by atoms with van der Waals surface area (Å²) in [5.74, 6) is -1.12. The number of nitrogens with zero attached hydrogens (tertiary/aromatic N) is 1. The smallest absolute Gasteiger partial charge is 0.335 e. The average Bonchev–Trinajstić information content (AvgIpc) is 2.55. The van der Waals surface area contributed by atoms with Crippen LogP contribution in [0.3, 0.4) is 0 Å². The van der Waals surface area contributed by atoms with Crippen LogP contribution in [0.4, 0.5) is 10.1 Å². The first kappa shape index (κ1) is 17.0. The summed E-state index contributed by atoms with van der Waals surface area (Å²) in [4.78, 5) is 12.7. The van der Waals surface area contributed by atoms with Crippen molar-refractivity contribution in [1.82, 2.24) is 5.32 Å². The Morgan fingerprint density at radius 2 is 1.87 bits per heavy atom. The molecule has 0 spiro atoms. The molecule has 4 nitrogen and oxygen atoms in total. The van der Waals surface area contributed by atoms with Gasteiger partial charge in [0.1, 0.15) is 5.82 Å². The molecule has 2 rings (SSSR count). The van der Waals surface area contributed by atoms with Gasteiger partial charge in [0.25, 0.3) is 0 Å². The molecule has 2 aromatic rings. The normalized spacial score (nSPS) is 10.5. The second-order valence-electron chi connectivity index (χ2n) is 5.41. The van der Waals surface area contributed by atoms with E-state index >= 15 is 0 Å². The molecule has 0 radical (unpaired) electrons. The van der Waals surface area contributed by atoms with Crippen LogP contribution in [-0.2, 0) is 6.54 Å². The number of anilines is 1. The summed E-state index contributed by atoms with van der Waals surface area (Å²) < 4.78 is 13.6. The first-order valence-corrected chi connectivity index (χ1v) is 7.56. The number of halogens is 1. The van der Waals surface area contributed by atoms with E-state index in [0.717, 1.165) is 25.1 Å². The van der Waals surface area contributed by atoms with Crippen molar-refractivity contribution in [2.75, 3.05) is 25.0 Å². The highest BCUT2D eigenvalue weighted by molar-refractivity contribution is 5.87. The largest absolute Gasteiger partial charge is 0.478 e. The second-order valence-corrected chi connectivity index (χ2v) is 5.41. The van der Waals surface area contributed by atoms with Crippen LogP contribution in [0.1, 0.15) is 22.3 Å². The van der Waals surface area contributed by atoms with Crippen LogP contribution in [0.5, 0.6) is 0 Å². The predicted octanol–water partition coefficient (Wildman–Crippen LogP) is 3.14. The van der Waals surface area contributed by atoms with Crippen molar-refractivity contribution in [2.24, 2.45) is 0 Å². The monoisotopic (exact) mass is 316 g/mol. The molecule has 0 saturated carbocycles. The Kier molecular flexibility index (Phi) is 6.11. The zero-order chi connectivity index (χ0) is 16.7. The first-order valence-electron chi connectivity index (χ1n) is 7.56. The second kappa shape index (κ2) is 8.29. The van der Waals surface area contributed by atoms with E-state index in [-0.39, 0.29) is 5.82 Å². The van der Waals surface area contributed by atoms with Crippen LogP contribution in [0.25, 0.3) is 0 Å². The summed E-state index contributed by atoms with van der Waals surface area (Å²) in [6.45, 7) is 2.24. The fraction of sp³-hybridized carbons (Fsp3) is 0.278. The SMILES string of the molecule is CN(CCCNCc1ccc(C(=O)O)cc1)c1ccccc1F. The molecular formula is C18H21FN2O2. The van der Waals surface area contributed by atoms with E-state index in [0.29, 0.717) is 17.8 Å². The van der Waals surface area contributed by atoms with Crippen LogP contribution in [-0.4, -0.2) is 31.2 Å². The molecule has 0 aromatic heterocycles. The lowest BCUT2D eigenvalue weighted by atomic mass is 10.1. The number of aromatic carboxylic acids is 1. The third-order valence-electron chi connectivity index (χ3n) is 3.64. The quantitative estimate of drug-likeness (QED) is 0.735. The highest BCUT2D eigenvalue weighted by atomic mass is 19.1. The van der Waals surface area contributed by atoms with Gasteiger partial charge >= 0.3 is 5.97 Å². The minimum atomic E-state index is -0.916. The maximum absolute atomic E-state index is 13.6. The zero-order valence-electron chi connectivity index (χ0n) is 13.1. The molecule has 0 fully saturated rings. The summed E-state index contributed by atoms with van der Waals surface area (Å²) in [6.07, 6.45) is 0.887. The van der Waals surface area contributed by atoms with Gasteiger partial charge in [0.15, 0.2) is 0 Å². The highest BCUT2D eigenvalue weighted by Gasteiger charge is 2.05. The van der Waals surface area contributed by atoms with Crippen molar-refractivity contribution in [3.05, 3.63) is 65.5 Å². The molecule has 122 valence electrons. The number of benzene rings is 2. The molecule has 0 aliphatic heterocycles. The lowest BCUT2D eigenvalue weighted by Crippen LogP contribution is -2.24. The van der Waals surface area contributed by atoms with Gasteiger partial charge in [-0.05, 0) is 42.8 Å². The van der Waals surface area contributed by atoms with Gasteiger partial charge in [0.2, 0.25) is 0 Å². The van der Waals surface area contributed by atoms with Gasteiger partial charge < -0.3 is 15.3 Å². The van der Waals surface area contributed by atoms with Gasteiger partial charge in [-0.1, -0.05) is 24.3 Å². The van der Waals surface area contributed by atoms with Crippen LogP contribution >= 0.6 is 0 Å². The number of hydrogen-bond donors (Lipinski definition) is 2. The van der Waals surface area contributed by atoms with E-state index < -0.39 is 5.97 Å². The topological polar surface area (TPSA) is 52.6 Å². The molecule has 2 N–H and O–H groups in total. The van der Waals surface area contributed by atoms with Crippen LogP contribution in [0.2, 0.25) is 0 Å². The van der Waals surface area contributed by atoms with Crippen LogP contribution in [0.15, 0.2) is 48.5 Å². The number of nitrogens with one attached hydrogen (secondary N) is 1. The maximum Gasteiger partial charge on any atom is 0.335 e. The minimum absolute atomic E-state index is 0.207. The third-order valence-corrected chi connectivity index (χ3v) is 3.64. The average molecular weight is 316 g/mol. The van der Waals surface area contributed by atoms with Crippen molar-refractivity contribution in [1.29, 1.82) is 0 Å². The summed E-state index contributed by atoms with van der Waals surface area (Å²) in [6, 6.07) is 13.6. The Labute approximate surface area is 135 Å².